The van der Waals surface area contributed by atoms with Gasteiger partial charge in [0.2, 0.25) is 0 Å². The highest BCUT2D eigenvalue weighted by atomic mass is 16.5. The number of piperazine rings is 1. The van der Waals surface area contributed by atoms with Gasteiger partial charge in [-0.25, -0.2) is 0 Å². The zero-order chi connectivity index (χ0) is 22.7. The van der Waals surface area contributed by atoms with Crippen molar-refractivity contribution in [3.05, 3.63) is 81.7 Å². The quantitative estimate of drug-likeness (QED) is 0.612. The van der Waals surface area contributed by atoms with E-state index in [1.54, 1.807) is 24.0 Å². The zero-order valence-corrected chi connectivity index (χ0v) is 19.0. The fourth-order valence-electron chi connectivity index (χ4n) is 4.46. The first-order valence-electron chi connectivity index (χ1n) is 11.1. The van der Waals surface area contributed by atoms with Crippen molar-refractivity contribution in [1.29, 1.82) is 0 Å². The topological polar surface area (TPSA) is 71.1 Å². The van der Waals surface area contributed by atoms with Crippen molar-refractivity contribution in [2.75, 3.05) is 39.8 Å². The number of aryl methyl sites for hydroxylation is 1. The number of ether oxygens (including phenoxy) is 1. The number of nitrogens with zero attached hydrogens (tertiary/aromatic N) is 3. The molecule has 0 amide bonds. The van der Waals surface area contributed by atoms with Crippen LogP contribution in [0.2, 0.25) is 0 Å². The van der Waals surface area contributed by atoms with Gasteiger partial charge in [0.05, 0.1) is 31.5 Å². The van der Waals surface area contributed by atoms with Crippen LogP contribution in [0.15, 0.2) is 57.9 Å². The Morgan fingerprint density at radius 2 is 1.84 bits per heavy atom. The van der Waals surface area contributed by atoms with Gasteiger partial charge in [-0.15, -0.1) is 0 Å². The summed E-state index contributed by atoms with van der Waals surface area (Å²) in [6, 6.07) is 12.7. The van der Waals surface area contributed by atoms with Gasteiger partial charge in [0.1, 0.15) is 17.3 Å². The van der Waals surface area contributed by atoms with Crippen molar-refractivity contribution < 1.29 is 14.3 Å². The molecule has 0 saturated carbocycles. The van der Waals surface area contributed by atoms with Gasteiger partial charge in [0.25, 0.3) is 5.56 Å². The Morgan fingerprint density at radius 3 is 2.44 bits per heavy atom. The van der Waals surface area contributed by atoms with E-state index in [-0.39, 0.29) is 17.4 Å². The van der Waals surface area contributed by atoms with E-state index in [4.69, 9.17) is 9.15 Å². The predicted octanol–water partition coefficient (Wildman–Crippen LogP) is 3.24. The average Bonchev–Trinajstić information content (AvgIpc) is 3.33. The number of hydrogen-bond donors (Lipinski definition) is 1. The number of methoxy groups -OCH3 is 1. The molecule has 1 saturated heterocycles. The first-order valence-corrected chi connectivity index (χ1v) is 11.1. The Balaban J connectivity index is 1.80. The van der Waals surface area contributed by atoms with E-state index in [1.807, 2.05) is 43.3 Å². The van der Waals surface area contributed by atoms with E-state index >= 15 is 0 Å². The lowest BCUT2D eigenvalue weighted by Gasteiger charge is -2.39. The minimum atomic E-state index is -0.351. The molecule has 7 nitrogen and oxygen atoms in total. The van der Waals surface area contributed by atoms with Gasteiger partial charge in [0, 0.05) is 31.9 Å². The van der Waals surface area contributed by atoms with Crippen LogP contribution in [-0.2, 0) is 6.54 Å². The molecular formula is C25H31N3O4. The molecule has 2 aromatic heterocycles. The summed E-state index contributed by atoms with van der Waals surface area (Å²) in [5.41, 5.74) is 1.85. The van der Waals surface area contributed by atoms with Crippen LogP contribution in [0.25, 0.3) is 0 Å². The molecule has 32 heavy (non-hydrogen) atoms. The molecule has 7 heteroatoms. The van der Waals surface area contributed by atoms with Gasteiger partial charge in [0.15, 0.2) is 0 Å². The van der Waals surface area contributed by atoms with Crippen LogP contribution in [0, 0.1) is 6.92 Å². The average molecular weight is 438 g/mol. The van der Waals surface area contributed by atoms with Gasteiger partial charge in [-0.05, 0) is 49.4 Å². The Labute approximate surface area is 188 Å². The Morgan fingerprint density at radius 1 is 1.12 bits per heavy atom. The number of furan rings is 1. The third-order valence-electron chi connectivity index (χ3n) is 6.34. The normalized spacial score (nSPS) is 16.2. The van der Waals surface area contributed by atoms with Crippen molar-refractivity contribution in [2.45, 2.75) is 26.4 Å². The van der Waals surface area contributed by atoms with E-state index in [2.05, 4.69) is 16.7 Å². The van der Waals surface area contributed by atoms with Crippen molar-refractivity contribution >= 4 is 0 Å². The summed E-state index contributed by atoms with van der Waals surface area (Å²) < 4.78 is 12.5. The fraction of sp³-hybridized carbons (Fsp3) is 0.400. The fourth-order valence-corrected chi connectivity index (χ4v) is 4.46. The van der Waals surface area contributed by atoms with Crippen LogP contribution < -0.4 is 10.3 Å². The summed E-state index contributed by atoms with van der Waals surface area (Å²) in [6.07, 6.45) is 1.60. The Bertz CT molecular complexity index is 1080. The minimum Gasteiger partial charge on any atom is -0.507 e. The molecule has 1 aliphatic heterocycles. The maximum absolute atomic E-state index is 13.7. The predicted molar refractivity (Wildman–Crippen MR) is 123 cm³/mol. The number of pyridine rings is 1. The van der Waals surface area contributed by atoms with E-state index in [9.17, 15) is 9.90 Å². The maximum Gasteiger partial charge on any atom is 0.260 e. The maximum atomic E-state index is 13.7. The highest BCUT2D eigenvalue weighted by Gasteiger charge is 2.31. The number of rotatable bonds is 7. The summed E-state index contributed by atoms with van der Waals surface area (Å²) in [6.45, 7) is 8.81. The molecule has 170 valence electrons. The van der Waals surface area contributed by atoms with Crippen LogP contribution >= 0.6 is 0 Å². The van der Waals surface area contributed by atoms with Crippen LogP contribution in [-0.4, -0.2) is 59.3 Å². The number of hydrogen-bond acceptors (Lipinski definition) is 6. The standard InChI is InChI=1S/C25H31N3O4/c1-4-26-11-13-27(14-12-26)24(19-7-9-20(31-3)10-8-19)23-22(29)16-18(2)28(25(23)30)17-21-6-5-15-32-21/h5-10,15-16,24,29H,4,11-14,17H2,1-3H3/t24-/m0/s1. The smallest absolute Gasteiger partial charge is 0.260 e. The van der Waals surface area contributed by atoms with Gasteiger partial charge < -0.3 is 23.7 Å². The molecule has 1 aromatic carbocycles. The lowest BCUT2D eigenvalue weighted by atomic mass is 9.95. The lowest BCUT2D eigenvalue weighted by Crippen LogP contribution is -2.48. The Hall–Kier alpha value is -3.03. The Kier molecular flexibility index (Phi) is 6.67. The molecular weight excluding hydrogens is 406 g/mol. The summed E-state index contributed by atoms with van der Waals surface area (Å²) in [4.78, 5) is 18.4. The lowest BCUT2D eigenvalue weighted by molar-refractivity contribution is 0.111. The second-order valence-corrected chi connectivity index (χ2v) is 8.20. The number of likely N-dealkylation sites (N-methyl/N-ethyl adjacent to an activating group) is 1. The number of aromatic hydroxyl groups is 1. The number of benzene rings is 1. The van der Waals surface area contributed by atoms with Crippen LogP contribution in [0.4, 0.5) is 0 Å². The summed E-state index contributed by atoms with van der Waals surface area (Å²) >= 11 is 0. The molecule has 1 fully saturated rings. The first-order chi connectivity index (χ1) is 15.5. The third-order valence-corrected chi connectivity index (χ3v) is 6.34. The minimum absolute atomic E-state index is 0.0296. The monoisotopic (exact) mass is 437 g/mol. The highest BCUT2D eigenvalue weighted by molar-refractivity contribution is 5.42. The number of aromatic nitrogens is 1. The molecule has 1 aliphatic rings. The van der Waals surface area contributed by atoms with Gasteiger partial charge in [-0.2, -0.15) is 0 Å². The van der Waals surface area contributed by atoms with Crippen molar-refractivity contribution in [1.82, 2.24) is 14.4 Å². The molecule has 0 spiro atoms. The summed E-state index contributed by atoms with van der Waals surface area (Å²) in [7, 11) is 1.63. The molecule has 0 unspecified atom stereocenters. The zero-order valence-electron chi connectivity index (χ0n) is 19.0. The summed E-state index contributed by atoms with van der Waals surface area (Å²) in [5, 5.41) is 11.0. The molecule has 0 bridgehead atoms. The molecule has 0 aliphatic carbocycles. The molecule has 1 N–H and O–H groups in total. The van der Waals surface area contributed by atoms with Gasteiger partial charge in [-0.3, -0.25) is 9.69 Å². The van der Waals surface area contributed by atoms with Crippen molar-refractivity contribution in [3.63, 3.8) is 0 Å². The van der Waals surface area contributed by atoms with Gasteiger partial charge >= 0.3 is 0 Å². The molecule has 1 atom stereocenters. The van der Waals surface area contributed by atoms with Gasteiger partial charge in [-0.1, -0.05) is 19.1 Å². The van der Waals surface area contributed by atoms with Crippen molar-refractivity contribution in [3.8, 4) is 11.5 Å². The highest BCUT2D eigenvalue weighted by Crippen LogP contribution is 2.34. The molecule has 4 rings (SSSR count). The van der Waals surface area contributed by atoms with Crippen molar-refractivity contribution in [2.24, 2.45) is 0 Å². The van der Waals surface area contributed by atoms with E-state index in [1.165, 1.54) is 0 Å². The van der Waals surface area contributed by atoms with Crippen LogP contribution in [0.5, 0.6) is 11.5 Å². The molecule has 3 heterocycles. The molecule has 0 radical (unpaired) electrons. The second kappa shape index (κ2) is 9.63. The second-order valence-electron chi connectivity index (χ2n) is 8.20. The van der Waals surface area contributed by atoms with Crippen LogP contribution in [0.1, 0.15) is 35.5 Å². The first kappa shape index (κ1) is 22.2. The van der Waals surface area contributed by atoms with E-state index in [0.717, 1.165) is 44.0 Å². The third kappa shape index (κ3) is 4.45. The SMILES string of the molecule is CCN1CCN([C@@H](c2ccc(OC)cc2)c2c(O)cc(C)n(Cc3ccco3)c2=O)CC1. The van der Waals surface area contributed by atoms with E-state index < -0.39 is 0 Å². The molecule has 3 aromatic rings. The summed E-state index contributed by atoms with van der Waals surface area (Å²) in [5.74, 6) is 1.48. The largest absolute Gasteiger partial charge is 0.507 e. The van der Waals surface area contributed by atoms with Crippen LogP contribution in [0.3, 0.4) is 0 Å². The van der Waals surface area contributed by atoms with E-state index in [0.29, 0.717) is 23.6 Å².